The molecule has 0 unspecified atom stereocenters. The van der Waals surface area contributed by atoms with Crippen molar-refractivity contribution in [1.29, 1.82) is 0 Å². The predicted octanol–water partition coefficient (Wildman–Crippen LogP) is 3.22. The maximum Gasteiger partial charge on any atom is 0.264 e. The summed E-state index contributed by atoms with van der Waals surface area (Å²) in [5, 5.41) is 1.17. The van der Waals surface area contributed by atoms with E-state index in [1.54, 1.807) is 37.2 Å². The summed E-state index contributed by atoms with van der Waals surface area (Å²) >= 11 is 16.7. The molecule has 0 aliphatic heterocycles. The minimum absolute atomic E-state index is 0.342. The van der Waals surface area contributed by atoms with Gasteiger partial charge in [0.25, 0.3) is 5.17 Å². The van der Waals surface area contributed by atoms with Crippen LogP contribution in [0.15, 0.2) is 18.2 Å². The minimum Gasteiger partial charge on any atom is -0.430 e. The number of ether oxygens (including phenoxy) is 1. The van der Waals surface area contributed by atoms with Crippen molar-refractivity contribution in [2.45, 2.75) is 0 Å². The number of thiocarbonyl (C=S) groups is 1. The van der Waals surface area contributed by atoms with Gasteiger partial charge >= 0.3 is 0 Å². The third-order valence-electron chi connectivity index (χ3n) is 1.48. The molecule has 1 aromatic rings. The molecule has 0 amide bonds. The molecule has 0 spiro atoms. The van der Waals surface area contributed by atoms with Crippen LogP contribution in [0.4, 0.5) is 0 Å². The van der Waals surface area contributed by atoms with Gasteiger partial charge in [0.05, 0.1) is 5.02 Å². The normalized spacial score (nSPS) is 9.71. The van der Waals surface area contributed by atoms with Crippen molar-refractivity contribution in [3.8, 4) is 5.75 Å². The van der Waals surface area contributed by atoms with Crippen molar-refractivity contribution in [1.82, 2.24) is 4.90 Å². The molecule has 0 saturated carbocycles. The number of hydrogen-bond acceptors (Lipinski definition) is 2. The van der Waals surface area contributed by atoms with Gasteiger partial charge in [-0.2, -0.15) is 0 Å². The van der Waals surface area contributed by atoms with Crippen LogP contribution in [0.25, 0.3) is 0 Å². The summed E-state index contributed by atoms with van der Waals surface area (Å²) in [5.74, 6) is 0.470. The maximum absolute atomic E-state index is 5.91. The Morgan fingerprint density at radius 1 is 1.36 bits per heavy atom. The summed E-state index contributed by atoms with van der Waals surface area (Å²) < 4.78 is 5.33. The van der Waals surface area contributed by atoms with Crippen LogP contribution in [-0.2, 0) is 0 Å². The van der Waals surface area contributed by atoms with Crippen LogP contribution >= 0.6 is 35.4 Å². The summed E-state index contributed by atoms with van der Waals surface area (Å²) in [5.41, 5.74) is 0. The number of hydrogen-bond donors (Lipinski definition) is 0. The van der Waals surface area contributed by atoms with Gasteiger partial charge in [0.15, 0.2) is 0 Å². The molecule has 0 atom stereocenters. The zero-order valence-electron chi connectivity index (χ0n) is 7.75. The first-order chi connectivity index (χ1) is 6.52. The van der Waals surface area contributed by atoms with Gasteiger partial charge in [-0.1, -0.05) is 29.3 Å². The number of benzene rings is 1. The van der Waals surface area contributed by atoms with Crippen LogP contribution in [0.3, 0.4) is 0 Å². The van der Waals surface area contributed by atoms with Crippen molar-refractivity contribution in [3.05, 3.63) is 28.2 Å². The first-order valence-corrected chi connectivity index (χ1v) is 5.02. The molecule has 1 rings (SSSR count). The van der Waals surface area contributed by atoms with E-state index in [9.17, 15) is 0 Å². The van der Waals surface area contributed by atoms with Crippen LogP contribution in [0, 0.1) is 0 Å². The monoisotopic (exact) mass is 249 g/mol. The van der Waals surface area contributed by atoms with Crippen LogP contribution in [0.2, 0.25) is 10.0 Å². The number of rotatable bonds is 1. The lowest BCUT2D eigenvalue weighted by Gasteiger charge is -2.14. The first-order valence-electron chi connectivity index (χ1n) is 3.85. The molecule has 0 fully saturated rings. The molecule has 0 heterocycles. The van der Waals surface area contributed by atoms with E-state index in [-0.39, 0.29) is 0 Å². The van der Waals surface area contributed by atoms with E-state index < -0.39 is 0 Å². The molecule has 0 aromatic heterocycles. The third kappa shape index (κ3) is 2.74. The van der Waals surface area contributed by atoms with Crippen LogP contribution in [0.5, 0.6) is 5.75 Å². The SMILES string of the molecule is CN(C)C(=S)Oc1cccc(Cl)c1Cl. The average molecular weight is 250 g/mol. The second-order valence-corrected chi connectivity index (χ2v) is 3.95. The molecule has 0 aliphatic rings. The Hall–Kier alpha value is -0.510. The predicted molar refractivity (Wildman–Crippen MR) is 63.4 cm³/mol. The van der Waals surface area contributed by atoms with E-state index in [0.29, 0.717) is 21.0 Å². The Morgan fingerprint density at radius 3 is 2.57 bits per heavy atom. The molecule has 0 saturated heterocycles. The summed E-state index contributed by atoms with van der Waals surface area (Å²) in [6.07, 6.45) is 0. The lowest BCUT2D eigenvalue weighted by molar-refractivity contribution is 0.449. The molecule has 0 radical (unpaired) electrons. The van der Waals surface area contributed by atoms with Gasteiger partial charge in [0.2, 0.25) is 0 Å². The molecule has 0 bridgehead atoms. The van der Waals surface area contributed by atoms with Crippen molar-refractivity contribution in [2.24, 2.45) is 0 Å². The van der Waals surface area contributed by atoms with Gasteiger partial charge in [-0.15, -0.1) is 0 Å². The van der Waals surface area contributed by atoms with Crippen LogP contribution < -0.4 is 4.74 Å². The minimum atomic E-state index is 0.342. The molecule has 0 aliphatic carbocycles. The Balaban J connectivity index is 2.87. The molecular weight excluding hydrogens is 241 g/mol. The highest BCUT2D eigenvalue weighted by Crippen LogP contribution is 2.31. The molecule has 5 heteroatoms. The van der Waals surface area contributed by atoms with Gasteiger partial charge < -0.3 is 9.64 Å². The van der Waals surface area contributed by atoms with Gasteiger partial charge in [-0.3, -0.25) is 0 Å². The average Bonchev–Trinajstić information content (AvgIpc) is 2.12. The number of halogens is 2. The Kier molecular flexibility index (Phi) is 3.98. The second-order valence-electron chi connectivity index (χ2n) is 2.81. The topological polar surface area (TPSA) is 12.5 Å². The fourth-order valence-corrected chi connectivity index (χ4v) is 1.17. The molecule has 0 N–H and O–H groups in total. The summed E-state index contributed by atoms with van der Waals surface area (Å²) in [7, 11) is 3.58. The van der Waals surface area contributed by atoms with Gasteiger partial charge in [-0.25, -0.2) is 0 Å². The summed E-state index contributed by atoms with van der Waals surface area (Å²) in [4.78, 5) is 1.67. The zero-order chi connectivity index (χ0) is 10.7. The quantitative estimate of drug-likeness (QED) is 0.710. The van der Waals surface area contributed by atoms with Gasteiger partial charge in [-0.05, 0) is 24.4 Å². The fraction of sp³-hybridized carbons (Fsp3) is 0.222. The van der Waals surface area contributed by atoms with Crippen molar-refractivity contribution < 1.29 is 4.74 Å². The van der Waals surface area contributed by atoms with E-state index in [1.165, 1.54) is 0 Å². The zero-order valence-corrected chi connectivity index (χ0v) is 10.1. The molecule has 1 aromatic carbocycles. The summed E-state index contributed by atoms with van der Waals surface area (Å²) in [6, 6.07) is 5.15. The Bertz CT molecular complexity index is 355. The van der Waals surface area contributed by atoms with E-state index >= 15 is 0 Å². The second kappa shape index (κ2) is 4.82. The Labute approximate surface area is 98.4 Å². The lowest BCUT2D eigenvalue weighted by Crippen LogP contribution is -2.25. The first kappa shape index (κ1) is 11.6. The van der Waals surface area contributed by atoms with E-state index in [1.807, 2.05) is 0 Å². The fourth-order valence-electron chi connectivity index (χ4n) is 0.748. The summed E-state index contributed by atoms with van der Waals surface area (Å²) in [6.45, 7) is 0. The largest absolute Gasteiger partial charge is 0.430 e. The maximum atomic E-state index is 5.91. The molecule has 14 heavy (non-hydrogen) atoms. The van der Waals surface area contributed by atoms with Crippen molar-refractivity contribution >= 4 is 40.6 Å². The number of nitrogens with zero attached hydrogens (tertiary/aromatic N) is 1. The smallest absolute Gasteiger partial charge is 0.264 e. The highest BCUT2D eigenvalue weighted by atomic mass is 35.5. The molecule has 2 nitrogen and oxygen atoms in total. The molecule has 76 valence electrons. The highest BCUT2D eigenvalue weighted by Gasteiger charge is 2.08. The van der Waals surface area contributed by atoms with E-state index in [0.717, 1.165) is 0 Å². The van der Waals surface area contributed by atoms with Crippen molar-refractivity contribution in [2.75, 3.05) is 14.1 Å². The van der Waals surface area contributed by atoms with Crippen LogP contribution in [-0.4, -0.2) is 24.2 Å². The standard InChI is InChI=1S/C9H9Cl2NOS/c1-12(2)9(14)13-7-5-3-4-6(10)8(7)11/h3-5H,1-2H3. The van der Waals surface area contributed by atoms with E-state index in [4.69, 9.17) is 40.2 Å². The lowest BCUT2D eigenvalue weighted by atomic mass is 10.3. The third-order valence-corrected chi connectivity index (χ3v) is 2.73. The molecular formula is C9H9Cl2NOS. The van der Waals surface area contributed by atoms with Crippen LogP contribution in [0.1, 0.15) is 0 Å². The van der Waals surface area contributed by atoms with Gasteiger partial charge in [0, 0.05) is 14.1 Å². The van der Waals surface area contributed by atoms with Crippen molar-refractivity contribution in [3.63, 3.8) is 0 Å². The van der Waals surface area contributed by atoms with Gasteiger partial charge in [0.1, 0.15) is 10.8 Å². The van der Waals surface area contributed by atoms with E-state index in [2.05, 4.69) is 0 Å². The Morgan fingerprint density at radius 2 is 2.00 bits per heavy atom. The highest BCUT2D eigenvalue weighted by molar-refractivity contribution is 7.80.